The number of para-hydroxylation sites is 1. The first-order chi connectivity index (χ1) is 16.2. The Balaban J connectivity index is 1.76. The van der Waals surface area contributed by atoms with Gasteiger partial charge in [0.15, 0.2) is 0 Å². The average Bonchev–Trinajstić information content (AvgIpc) is 2.80. The summed E-state index contributed by atoms with van der Waals surface area (Å²) in [5.74, 6) is -0.367. The zero-order valence-electron chi connectivity index (χ0n) is 18.5. The molecule has 0 bridgehead atoms. The predicted octanol–water partition coefficient (Wildman–Crippen LogP) is 4.89. The second-order valence-electron chi connectivity index (χ2n) is 7.55. The summed E-state index contributed by atoms with van der Waals surface area (Å²) in [6.07, 6.45) is 2.94. The fraction of sp³-hybridized carbons (Fsp3) is 0.348. The highest BCUT2D eigenvalue weighted by atomic mass is 35.5. The summed E-state index contributed by atoms with van der Waals surface area (Å²) in [5.41, 5.74) is 0.600. The van der Waals surface area contributed by atoms with Crippen LogP contribution in [0.25, 0.3) is 0 Å². The van der Waals surface area contributed by atoms with Crippen LogP contribution in [0.15, 0.2) is 52.4 Å². The highest BCUT2D eigenvalue weighted by Crippen LogP contribution is 2.35. The number of carbonyl (C=O) groups is 1. The van der Waals surface area contributed by atoms with E-state index in [0.717, 1.165) is 6.21 Å². The Morgan fingerprint density at radius 1 is 1.21 bits per heavy atom. The quantitative estimate of drug-likeness (QED) is 0.357. The molecule has 1 saturated carbocycles. The van der Waals surface area contributed by atoms with Gasteiger partial charge >= 0.3 is 5.97 Å². The van der Waals surface area contributed by atoms with Gasteiger partial charge in [-0.3, -0.25) is 9.79 Å². The van der Waals surface area contributed by atoms with E-state index in [4.69, 9.17) is 38.1 Å². The number of sulfonamides is 1. The van der Waals surface area contributed by atoms with Crippen LogP contribution in [-0.4, -0.2) is 45.5 Å². The molecule has 3 rings (SSSR count). The number of aliphatic imine (C=N–C) groups is 1. The van der Waals surface area contributed by atoms with E-state index < -0.39 is 28.0 Å². The van der Waals surface area contributed by atoms with Crippen molar-refractivity contribution in [2.45, 2.75) is 37.1 Å². The van der Waals surface area contributed by atoms with Gasteiger partial charge in [0.2, 0.25) is 10.0 Å². The van der Waals surface area contributed by atoms with Crippen LogP contribution in [0, 0.1) is 11.3 Å². The first-order valence-corrected chi connectivity index (χ1v) is 12.9. The number of rotatable bonds is 9. The van der Waals surface area contributed by atoms with Gasteiger partial charge in [-0.05, 0) is 56.5 Å². The van der Waals surface area contributed by atoms with Crippen LogP contribution in [0.4, 0.5) is 0 Å². The number of nitrogens with one attached hydrogen (secondary N) is 2. The number of benzene rings is 2. The second-order valence-corrected chi connectivity index (χ2v) is 10.1. The Kier molecular flexibility index (Phi) is 9.07. The average molecular weight is 526 g/mol. The normalized spacial score (nSPS) is 19.6. The number of carbonyl (C=O) groups excluding carboxylic acids is 1. The minimum atomic E-state index is -3.95. The Hall–Kier alpha value is -2.46. The highest BCUT2D eigenvalue weighted by molar-refractivity contribution is 7.89. The highest BCUT2D eigenvalue weighted by Gasteiger charge is 2.32. The summed E-state index contributed by atoms with van der Waals surface area (Å²) in [6, 6.07) is 10.4. The van der Waals surface area contributed by atoms with E-state index in [0.29, 0.717) is 35.7 Å². The maximum Gasteiger partial charge on any atom is 0.327 e. The van der Waals surface area contributed by atoms with Gasteiger partial charge in [0, 0.05) is 23.9 Å². The Morgan fingerprint density at radius 3 is 2.62 bits per heavy atom. The van der Waals surface area contributed by atoms with Gasteiger partial charge in [0.05, 0.1) is 21.5 Å². The second kappa shape index (κ2) is 11.8. The summed E-state index contributed by atoms with van der Waals surface area (Å²) in [6.45, 7) is 1.80. The predicted molar refractivity (Wildman–Crippen MR) is 132 cm³/mol. The molecule has 2 aromatic carbocycles. The molecule has 2 atom stereocenters. The van der Waals surface area contributed by atoms with E-state index in [1.807, 2.05) is 0 Å². The van der Waals surface area contributed by atoms with Gasteiger partial charge in [-0.15, -0.1) is 0 Å². The van der Waals surface area contributed by atoms with Gasteiger partial charge in [-0.1, -0.05) is 35.3 Å². The number of hydrogen-bond donors (Lipinski definition) is 2. The minimum absolute atomic E-state index is 0.0386. The molecule has 0 aliphatic heterocycles. The molecule has 8 nitrogen and oxygen atoms in total. The third-order valence-electron chi connectivity index (χ3n) is 5.24. The number of halogens is 2. The van der Waals surface area contributed by atoms with E-state index in [-0.39, 0.29) is 28.8 Å². The summed E-state index contributed by atoms with van der Waals surface area (Å²) in [4.78, 5) is 15.9. The molecule has 2 N–H and O–H groups in total. The minimum Gasteiger partial charge on any atom is -0.465 e. The van der Waals surface area contributed by atoms with Gasteiger partial charge in [0.25, 0.3) is 0 Å². The molecule has 0 aromatic heterocycles. The summed E-state index contributed by atoms with van der Waals surface area (Å²) >= 11 is 12.4. The molecule has 0 radical (unpaired) electrons. The largest absolute Gasteiger partial charge is 0.465 e. The first-order valence-electron chi connectivity index (χ1n) is 10.7. The molecule has 0 spiro atoms. The van der Waals surface area contributed by atoms with Crippen molar-refractivity contribution in [1.82, 2.24) is 4.72 Å². The standard InChI is InChI=1S/C23H25Cl2N3O5S/c1-2-32-23(29)14-27-19-7-5-8-20(16(19)13-26)28-34(30,31)15-10-11-22(18(25)12-15)33-21-9-4-3-6-17(21)24/h3-4,6,9-13,16,20,26,28H,2,5,7-8,14H2,1H3. The topological polar surface area (TPSA) is 118 Å². The molecule has 34 heavy (non-hydrogen) atoms. The van der Waals surface area contributed by atoms with E-state index in [1.54, 1.807) is 31.2 Å². The smallest absolute Gasteiger partial charge is 0.327 e. The van der Waals surface area contributed by atoms with Gasteiger partial charge < -0.3 is 14.9 Å². The van der Waals surface area contributed by atoms with Crippen LogP contribution in [0.1, 0.15) is 26.2 Å². The zero-order chi connectivity index (χ0) is 24.7. The fourth-order valence-corrected chi connectivity index (χ4v) is 5.41. The molecule has 1 fully saturated rings. The van der Waals surface area contributed by atoms with Crippen molar-refractivity contribution >= 4 is 51.1 Å². The maximum atomic E-state index is 13.1. The van der Waals surface area contributed by atoms with Crippen LogP contribution in [0.5, 0.6) is 11.5 Å². The number of esters is 1. The Morgan fingerprint density at radius 2 is 1.94 bits per heavy atom. The molecule has 0 amide bonds. The van der Waals surface area contributed by atoms with Crippen LogP contribution in [-0.2, 0) is 19.6 Å². The molecular formula is C23H25Cl2N3O5S. The van der Waals surface area contributed by atoms with E-state index in [9.17, 15) is 13.2 Å². The van der Waals surface area contributed by atoms with Gasteiger partial charge in [0.1, 0.15) is 18.0 Å². The lowest BCUT2D eigenvalue weighted by atomic mass is 9.84. The van der Waals surface area contributed by atoms with Crippen LogP contribution in [0.3, 0.4) is 0 Å². The number of ether oxygens (including phenoxy) is 2. The number of nitrogens with zero attached hydrogens (tertiary/aromatic N) is 1. The third-order valence-corrected chi connectivity index (χ3v) is 7.33. The van der Waals surface area contributed by atoms with E-state index in [2.05, 4.69) is 9.71 Å². The summed E-state index contributed by atoms with van der Waals surface area (Å²) in [7, 11) is -3.95. The Labute approximate surface area is 208 Å². The van der Waals surface area contributed by atoms with Gasteiger partial charge in [-0.25, -0.2) is 13.1 Å². The van der Waals surface area contributed by atoms with Crippen molar-refractivity contribution in [1.29, 1.82) is 5.41 Å². The Bertz CT molecular complexity index is 1190. The van der Waals surface area contributed by atoms with E-state index in [1.165, 1.54) is 18.2 Å². The van der Waals surface area contributed by atoms with Crippen molar-refractivity contribution in [3.05, 3.63) is 52.5 Å². The van der Waals surface area contributed by atoms with Crippen LogP contribution in [0.2, 0.25) is 10.0 Å². The van der Waals surface area contributed by atoms with Crippen molar-refractivity contribution in [3.63, 3.8) is 0 Å². The molecule has 11 heteroatoms. The molecule has 0 heterocycles. The zero-order valence-corrected chi connectivity index (χ0v) is 20.8. The lowest BCUT2D eigenvalue weighted by Gasteiger charge is -2.30. The molecule has 2 aromatic rings. The lowest BCUT2D eigenvalue weighted by Crippen LogP contribution is -2.46. The maximum absolute atomic E-state index is 13.1. The molecule has 182 valence electrons. The molecule has 0 saturated heterocycles. The van der Waals surface area contributed by atoms with Crippen LogP contribution >= 0.6 is 23.2 Å². The monoisotopic (exact) mass is 525 g/mol. The summed E-state index contributed by atoms with van der Waals surface area (Å²) < 4.78 is 39.4. The lowest BCUT2D eigenvalue weighted by molar-refractivity contribution is -0.141. The molecular weight excluding hydrogens is 501 g/mol. The van der Waals surface area contributed by atoms with Crippen molar-refractivity contribution in [2.75, 3.05) is 13.2 Å². The van der Waals surface area contributed by atoms with Crippen molar-refractivity contribution in [3.8, 4) is 11.5 Å². The molecule has 2 unspecified atom stereocenters. The molecule has 1 aliphatic rings. The van der Waals surface area contributed by atoms with Gasteiger partial charge in [-0.2, -0.15) is 0 Å². The van der Waals surface area contributed by atoms with Crippen molar-refractivity contribution < 1.29 is 22.7 Å². The van der Waals surface area contributed by atoms with E-state index >= 15 is 0 Å². The SMILES string of the molecule is CCOC(=O)CN=C1CCCC(NS(=O)(=O)c2ccc(Oc3ccccc3Cl)c(Cl)c2)C1C=N. The number of hydrogen-bond acceptors (Lipinski definition) is 7. The first kappa shape index (κ1) is 26.2. The third kappa shape index (κ3) is 6.56. The fourth-order valence-electron chi connectivity index (χ4n) is 3.63. The molecule has 1 aliphatic carbocycles. The van der Waals surface area contributed by atoms with Crippen LogP contribution < -0.4 is 9.46 Å². The van der Waals surface area contributed by atoms with Crippen molar-refractivity contribution in [2.24, 2.45) is 10.9 Å². The summed E-state index contributed by atoms with van der Waals surface area (Å²) in [5, 5.41) is 8.32.